The number of nitrogens with zero attached hydrogens (tertiary/aromatic N) is 5. The van der Waals surface area contributed by atoms with E-state index in [-0.39, 0.29) is 17.0 Å². The number of imidazole rings is 1. The van der Waals surface area contributed by atoms with Crippen LogP contribution in [0.1, 0.15) is 12.5 Å². The van der Waals surface area contributed by atoms with Gasteiger partial charge in [-0.1, -0.05) is 0 Å². The number of aliphatic hydroxyl groups is 4. The molecule has 0 radical (unpaired) electrons. The molecule has 0 spiro atoms. The number of halogens is 1. The quantitative estimate of drug-likeness (QED) is 0.0733. The van der Waals surface area contributed by atoms with Gasteiger partial charge in [-0.3, -0.25) is 18.2 Å². The zero-order valence-electron chi connectivity index (χ0n) is 21.1. The smallest absolute Gasteiger partial charge is 0.481 e. The van der Waals surface area contributed by atoms with Crippen LogP contribution in [-0.4, -0.2) is 94.7 Å². The van der Waals surface area contributed by atoms with Crippen LogP contribution in [0, 0.1) is 3.57 Å². The maximum absolute atomic E-state index is 13.2. The average Bonchev–Trinajstić information content (AvgIpc) is 3.56. The van der Waals surface area contributed by atoms with Gasteiger partial charge in [-0.05, 0) is 28.7 Å². The molecule has 3 aromatic heterocycles. The van der Waals surface area contributed by atoms with Gasteiger partial charge in [-0.25, -0.2) is 23.8 Å². The van der Waals surface area contributed by atoms with Crippen LogP contribution >= 0.6 is 38.2 Å². The first-order chi connectivity index (χ1) is 19.8. The molecule has 10 atom stereocenters. The summed E-state index contributed by atoms with van der Waals surface area (Å²) in [6.45, 7) is -1.69. The Bertz CT molecular complexity index is 1530. The van der Waals surface area contributed by atoms with Crippen LogP contribution in [0.2, 0.25) is 0 Å². The monoisotopic (exact) mass is 746 g/mol. The first-order valence-corrected chi connectivity index (χ1v) is 16.1. The van der Waals surface area contributed by atoms with Crippen molar-refractivity contribution in [3.05, 3.63) is 40.8 Å². The number of hydrogen-bond acceptors (Lipinski definition) is 16. The van der Waals surface area contributed by atoms with E-state index in [0.29, 0.717) is 0 Å². The maximum atomic E-state index is 13.2. The number of ether oxygens (including phenoxy) is 2. The average molecular weight is 746 g/mol. The van der Waals surface area contributed by atoms with E-state index in [1.54, 1.807) is 24.5 Å². The lowest BCUT2D eigenvalue weighted by molar-refractivity contribution is -0.766. The third-order valence-electron chi connectivity index (χ3n) is 6.41. The number of anilines is 1. The molecule has 5 rings (SSSR count). The van der Waals surface area contributed by atoms with E-state index in [1.165, 1.54) is 15.5 Å². The number of phosphoric acid groups is 2. The van der Waals surface area contributed by atoms with Crippen molar-refractivity contribution in [1.82, 2.24) is 19.5 Å². The van der Waals surface area contributed by atoms with Crippen molar-refractivity contribution < 1.29 is 66.7 Å². The molecule has 230 valence electrons. The van der Waals surface area contributed by atoms with Gasteiger partial charge in [0.25, 0.3) is 14.1 Å². The van der Waals surface area contributed by atoms with Gasteiger partial charge >= 0.3 is 7.82 Å². The second kappa shape index (κ2) is 12.3. The standard InChI is InChI=1S/C20H25IN6O13P2/c21-9-2-1-3-26(4-9)19-15(30)13(28)10(38-19)5-36-42(35,40-41(32,33)34)37-6-11-14(29)16(31)20(39-11)27-8-25-12-17(22)23-7-24-18(12)27/h1-4,7-8,10-11,13-16,19-20,28-31H,5-6H2,(H3-,22,23,24,32,33,34)/t10-,11-,13-,14-,15-,16-,19-,20-,42?/m1/s1. The van der Waals surface area contributed by atoms with Crippen molar-refractivity contribution in [2.24, 2.45) is 0 Å². The van der Waals surface area contributed by atoms with Crippen molar-refractivity contribution in [3.8, 4) is 0 Å². The van der Waals surface area contributed by atoms with Gasteiger partial charge in [0, 0.05) is 6.07 Å². The molecule has 0 bridgehead atoms. The largest absolute Gasteiger partial charge is 0.756 e. The zero-order chi connectivity index (χ0) is 30.4. The molecule has 0 saturated carbocycles. The normalized spacial score (nSPS) is 32.6. The molecule has 0 aromatic carbocycles. The highest BCUT2D eigenvalue weighted by Gasteiger charge is 2.50. The molecule has 2 aliphatic heterocycles. The van der Waals surface area contributed by atoms with Gasteiger partial charge in [0.15, 0.2) is 36.2 Å². The Balaban J connectivity index is 1.27. The van der Waals surface area contributed by atoms with E-state index >= 15 is 0 Å². The lowest BCUT2D eigenvalue weighted by Crippen LogP contribution is -2.45. The Labute approximate surface area is 249 Å². The summed E-state index contributed by atoms with van der Waals surface area (Å²) in [5.74, 6) is 0.0558. The van der Waals surface area contributed by atoms with E-state index < -0.39 is 77.9 Å². The molecule has 22 heteroatoms. The summed E-state index contributed by atoms with van der Waals surface area (Å²) in [4.78, 5) is 32.5. The summed E-state index contributed by atoms with van der Waals surface area (Å²) in [5, 5.41) is 42.0. The van der Waals surface area contributed by atoms with E-state index in [1.807, 2.05) is 22.6 Å². The minimum atomic E-state index is -5.73. The molecule has 7 N–H and O–H groups in total. The second-order valence-electron chi connectivity index (χ2n) is 9.23. The van der Waals surface area contributed by atoms with Gasteiger partial charge in [0.1, 0.15) is 42.4 Å². The Morgan fingerprint density at radius 1 is 1.05 bits per heavy atom. The molecule has 0 aliphatic carbocycles. The summed E-state index contributed by atoms with van der Waals surface area (Å²) in [6.07, 6.45) is -5.80. The van der Waals surface area contributed by atoms with E-state index in [2.05, 4.69) is 19.3 Å². The van der Waals surface area contributed by atoms with Crippen LogP contribution in [0.25, 0.3) is 11.2 Å². The number of aromatic nitrogens is 5. The molecule has 5 heterocycles. The van der Waals surface area contributed by atoms with Crippen molar-refractivity contribution >= 4 is 55.2 Å². The van der Waals surface area contributed by atoms with E-state index in [0.717, 1.165) is 9.90 Å². The second-order valence-corrected chi connectivity index (χ2v) is 13.5. The van der Waals surface area contributed by atoms with E-state index in [4.69, 9.17) is 24.3 Å². The van der Waals surface area contributed by atoms with Crippen LogP contribution in [0.4, 0.5) is 5.82 Å². The van der Waals surface area contributed by atoms with Crippen molar-refractivity contribution in [1.29, 1.82) is 0 Å². The number of nitrogen functional groups attached to an aromatic ring is 1. The molecular weight excluding hydrogens is 721 g/mol. The lowest BCUT2D eigenvalue weighted by atomic mass is 10.1. The van der Waals surface area contributed by atoms with Crippen molar-refractivity contribution in [2.45, 2.75) is 49.1 Å². The Kier molecular flexibility index (Phi) is 9.30. The van der Waals surface area contributed by atoms with Gasteiger partial charge in [0.2, 0.25) is 0 Å². The highest BCUT2D eigenvalue weighted by atomic mass is 127. The van der Waals surface area contributed by atoms with Crippen LogP contribution in [0.3, 0.4) is 0 Å². The van der Waals surface area contributed by atoms with Crippen LogP contribution in [0.5, 0.6) is 0 Å². The third-order valence-corrected chi connectivity index (χ3v) is 9.61. The van der Waals surface area contributed by atoms with Crippen LogP contribution in [-0.2, 0) is 32.0 Å². The van der Waals surface area contributed by atoms with Gasteiger partial charge in [-0.2, -0.15) is 4.57 Å². The summed E-state index contributed by atoms with van der Waals surface area (Å²) in [6, 6.07) is 3.46. The topological polar surface area (TPSA) is 278 Å². The Morgan fingerprint density at radius 2 is 1.71 bits per heavy atom. The van der Waals surface area contributed by atoms with Crippen molar-refractivity contribution in [2.75, 3.05) is 18.9 Å². The summed E-state index contributed by atoms with van der Waals surface area (Å²) in [7, 11) is -10.9. The highest BCUT2D eigenvalue weighted by molar-refractivity contribution is 14.1. The van der Waals surface area contributed by atoms with Crippen molar-refractivity contribution in [3.63, 3.8) is 0 Å². The minimum absolute atomic E-state index is 0.0558. The van der Waals surface area contributed by atoms with Crippen LogP contribution in [0.15, 0.2) is 37.2 Å². The van der Waals surface area contributed by atoms with E-state index in [9.17, 15) is 39.3 Å². The molecule has 2 fully saturated rings. The number of fused-ring (bicyclic) bond motifs is 1. The SMILES string of the molecule is Nc1ncnc2c1ncn2[C@@H]1O[C@H](COP(=O)(OC[C@H]2O[C@@H]([n+]3cccc(I)c3)[C@H](O)[C@@H]2O)OP(=O)([O-])O)[C@@H](O)[C@H]1O. The fourth-order valence-corrected chi connectivity index (χ4v) is 7.08. The first-order valence-electron chi connectivity index (χ1n) is 12.0. The summed E-state index contributed by atoms with van der Waals surface area (Å²) < 4.78 is 53.7. The third kappa shape index (κ3) is 6.66. The minimum Gasteiger partial charge on any atom is -0.756 e. The van der Waals surface area contributed by atoms with Gasteiger partial charge < -0.3 is 45.4 Å². The molecule has 42 heavy (non-hydrogen) atoms. The number of pyridine rings is 1. The predicted octanol–water partition coefficient (Wildman–Crippen LogP) is -2.14. The maximum Gasteiger partial charge on any atom is 0.481 e. The molecule has 0 amide bonds. The van der Waals surface area contributed by atoms with Gasteiger partial charge in [-0.15, -0.1) is 0 Å². The molecule has 2 unspecified atom stereocenters. The number of aliphatic hydroxyl groups excluding tert-OH is 4. The predicted molar refractivity (Wildman–Crippen MR) is 141 cm³/mol. The molecular formula is C20H25IN6O13P2. The summed E-state index contributed by atoms with van der Waals surface area (Å²) >= 11 is 2.03. The number of hydrogen-bond donors (Lipinski definition) is 6. The highest BCUT2D eigenvalue weighted by Crippen LogP contribution is 2.60. The molecule has 2 aliphatic rings. The Morgan fingerprint density at radius 3 is 2.38 bits per heavy atom. The lowest BCUT2D eigenvalue weighted by Gasteiger charge is -2.25. The fraction of sp³-hybridized carbons (Fsp3) is 0.500. The Hall–Kier alpha value is -1.75. The molecule has 19 nitrogen and oxygen atoms in total. The number of phosphoric ester groups is 1. The fourth-order valence-electron chi connectivity index (χ4n) is 4.43. The zero-order valence-corrected chi connectivity index (χ0v) is 25.0. The molecule has 3 aromatic rings. The molecule has 2 saturated heterocycles. The first kappa shape index (κ1) is 31.7. The summed E-state index contributed by atoms with van der Waals surface area (Å²) in [5.41, 5.74) is 6.14. The number of nitrogens with two attached hydrogens (primary N) is 1. The van der Waals surface area contributed by atoms with Gasteiger partial charge in [0.05, 0.1) is 23.1 Å². The number of rotatable bonds is 10. The van der Waals surface area contributed by atoms with Crippen LogP contribution < -0.4 is 15.2 Å².